The molecule has 0 fully saturated rings. The van der Waals surface area contributed by atoms with Crippen LogP contribution in [-0.2, 0) is 7.05 Å². The monoisotopic (exact) mass is 314 g/mol. The van der Waals surface area contributed by atoms with Crippen molar-refractivity contribution in [1.82, 2.24) is 9.78 Å². The lowest BCUT2D eigenvalue weighted by molar-refractivity contribution is 0.103. The summed E-state index contributed by atoms with van der Waals surface area (Å²) in [5.74, 6) is -0.0881. The molecule has 0 aliphatic rings. The number of hydrogen-bond acceptors (Lipinski definition) is 4. The molecule has 6 heteroatoms. The Morgan fingerprint density at radius 2 is 2.05 bits per heavy atom. The normalized spacial score (nSPS) is 10.9. The fourth-order valence-corrected chi connectivity index (χ4v) is 3.49. The van der Waals surface area contributed by atoms with E-state index in [4.69, 9.17) is 0 Å². The van der Waals surface area contributed by atoms with Crippen LogP contribution in [-0.4, -0.2) is 29.8 Å². The summed E-state index contributed by atoms with van der Waals surface area (Å²) in [6.07, 6.45) is 0. The molecular weight excluding hydrogens is 296 g/mol. The van der Waals surface area contributed by atoms with Crippen LogP contribution in [0.25, 0.3) is 10.2 Å². The Bertz CT molecular complexity index is 813. The fraction of sp³-hybridized carbons (Fsp3) is 0.250. The molecule has 1 aromatic carbocycles. The second-order valence-corrected chi connectivity index (χ2v) is 6.43. The molecule has 114 valence electrons. The summed E-state index contributed by atoms with van der Waals surface area (Å²) in [7, 11) is 5.81. The molecule has 0 aliphatic carbocycles. The number of carbonyl (C=O) groups excluding carboxylic acids is 1. The van der Waals surface area contributed by atoms with Crippen molar-refractivity contribution < 1.29 is 4.79 Å². The Morgan fingerprint density at radius 3 is 2.73 bits per heavy atom. The van der Waals surface area contributed by atoms with Crippen molar-refractivity contribution in [3.63, 3.8) is 0 Å². The Hall–Kier alpha value is -2.34. The number of aromatic nitrogens is 2. The number of rotatable bonds is 3. The highest BCUT2D eigenvalue weighted by molar-refractivity contribution is 7.20. The van der Waals surface area contributed by atoms with E-state index < -0.39 is 0 Å². The van der Waals surface area contributed by atoms with Crippen LogP contribution < -0.4 is 10.2 Å². The zero-order valence-corrected chi connectivity index (χ0v) is 13.9. The quantitative estimate of drug-likeness (QED) is 0.807. The molecule has 0 radical (unpaired) electrons. The first-order chi connectivity index (χ1) is 10.5. The van der Waals surface area contributed by atoms with E-state index in [9.17, 15) is 4.79 Å². The van der Waals surface area contributed by atoms with E-state index in [0.717, 1.165) is 27.3 Å². The summed E-state index contributed by atoms with van der Waals surface area (Å²) in [6, 6.07) is 9.68. The third-order valence-electron chi connectivity index (χ3n) is 3.55. The van der Waals surface area contributed by atoms with Gasteiger partial charge in [0.15, 0.2) is 0 Å². The highest BCUT2D eigenvalue weighted by atomic mass is 32.1. The number of nitrogens with one attached hydrogen (secondary N) is 1. The molecule has 2 heterocycles. The molecule has 0 bridgehead atoms. The zero-order chi connectivity index (χ0) is 15.9. The highest BCUT2D eigenvalue weighted by Gasteiger charge is 2.16. The van der Waals surface area contributed by atoms with Gasteiger partial charge in [0, 0.05) is 26.5 Å². The predicted octanol–water partition coefficient (Wildman–Crippen LogP) is 3.26. The first-order valence-electron chi connectivity index (χ1n) is 6.98. The van der Waals surface area contributed by atoms with E-state index in [1.807, 2.05) is 68.0 Å². The van der Waals surface area contributed by atoms with E-state index >= 15 is 0 Å². The highest BCUT2D eigenvalue weighted by Crippen LogP contribution is 2.29. The number of aryl methyl sites for hydroxylation is 2. The van der Waals surface area contributed by atoms with Crippen LogP contribution in [0.5, 0.6) is 0 Å². The number of carbonyl (C=O) groups is 1. The van der Waals surface area contributed by atoms with Crippen LogP contribution in [0.2, 0.25) is 0 Å². The summed E-state index contributed by atoms with van der Waals surface area (Å²) < 4.78 is 1.82. The number of nitrogens with zero attached hydrogens (tertiary/aromatic N) is 3. The van der Waals surface area contributed by atoms with Crippen molar-refractivity contribution in [3.05, 3.63) is 40.9 Å². The number of thiophene rings is 1. The summed E-state index contributed by atoms with van der Waals surface area (Å²) in [5, 5.41) is 8.40. The summed E-state index contributed by atoms with van der Waals surface area (Å²) >= 11 is 1.46. The maximum atomic E-state index is 12.5. The zero-order valence-electron chi connectivity index (χ0n) is 13.0. The lowest BCUT2D eigenvalue weighted by Crippen LogP contribution is -2.15. The molecule has 1 N–H and O–H groups in total. The molecular formula is C16H18N4OS. The van der Waals surface area contributed by atoms with Crippen molar-refractivity contribution in [2.24, 2.45) is 7.05 Å². The van der Waals surface area contributed by atoms with Crippen molar-refractivity contribution >= 4 is 38.8 Å². The number of para-hydroxylation sites is 2. The predicted molar refractivity (Wildman–Crippen MR) is 92.1 cm³/mol. The van der Waals surface area contributed by atoms with Crippen molar-refractivity contribution in [3.8, 4) is 0 Å². The minimum absolute atomic E-state index is 0.0881. The average Bonchev–Trinajstić information content (AvgIpc) is 3.02. The van der Waals surface area contributed by atoms with Crippen LogP contribution in [0.4, 0.5) is 11.4 Å². The van der Waals surface area contributed by atoms with Gasteiger partial charge in [0.05, 0.1) is 21.9 Å². The molecule has 0 spiro atoms. The van der Waals surface area contributed by atoms with Gasteiger partial charge in [-0.2, -0.15) is 5.10 Å². The molecule has 22 heavy (non-hydrogen) atoms. The van der Waals surface area contributed by atoms with E-state index in [0.29, 0.717) is 4.88 Å². The van der Waals surface area contributed by atoms with E-state index in [1.54, 1.807) is 0 Å². The third kappa shape index (κ3) is 2.46. The Morgan fingerprint density at radius 1 is 1.32 bits per heavy atom. The molecule has 0 aliphatic heterocycles. The first kappa shape index (κ1) is 14.6. The smallest absolute Gasteiger partial charge is 0.265 e. The van der Waals surface area contributed by atoms with Crippen LogP contribution in [0.15, 0.2) is 30.3 Å². The maximum Gasteiger partial charge on any atom is 0.265 e. The second-order valence-electron chi connectivity index (χ2n) is 5.40. The van der Waals surface area contributed by atoms with E-state index in [-0.39, 0.29) is 5.91 Å². The largest absolute Gasteiger partial charge is 0.376 e. The molecule has 3 aromatic rings. The molecule has 0 saturated heterocycles. The Balaban J connectivity index is 1.92. The standard InChI is InChI=1S/C16H18N4OS/c1-10-11-9-14(22-16(11)20(4)18-10)15(21)17-12-7-5-6-8-13(12)19(2)3/h5-9H,1-4H3,(H,17,21). The van der Waals surface area contributed by atoms with Crippen LogP contribution >= 0.6 is 11.3 Å². The molecule has 5 nitrogen and oxygen atoms in total. The van der Waals surface area contributed by atoms with Crippen molar-refractivity contribution in [1.29, 1.82) is 0 Å². The van der Waals surface area contributed by atoms with Crippen LogP contribution in [0, 0.1) is 6.92 Å². The number of hydrogen-bond donors (Lipinski definition) is 1. The third-order valence-corrected chi connectivity index (χ3v) is 4.75. The summed E-state index contributed by atoms with van der Waals surface area (Å²) in [4.78, 5) is 16.2. The first-order valence-corrected chi connectivity index (χ1v) is 7.80. The number of benzene rings is 1. The molecule has 0 saturated carbocycles. The topological polar surface area (TPSA) is 50.2 Å². The van der Waals surface area contributed by atoms with Gasteiger partial charge in [0.1, 0.15) is 4.83 Å². The molecule has 1 amide bonds. The van der Waals surface area contributed by atoms with Gasteiger partial charge in [0.2, 0.25) is 0 Å². The second kappa shape index (κ2) is 5.46. The van der Waals surface area contributed by atoms with Crippen LogP contribution in [0.3, 0.4) is 0 Å². The SMILES string of the molecule is Cc1nn(C)c2sc(C(=O)Nc3ccccc3N(C)C)cc12. The lowest BCUT2D eigenvalue weighted by atomic mass is 10.2. The van der Waals surface area contributed by atoms with Gasteiger partial charge in [-0.15, -0.1) is 11.3 Å². The number of fused-ring (bicyclic) bond motifs is 1. The van der Waals surface area contributed by atoms with Crippen LogP contribution in [0.1, 0.15) is 15.4 Å². The lowest BCUT2D eigenvalue weighted by Gasteiger charge is -2.17. The fourth-order valence-electron chi connectivity index (χ4n) is 2.47. The van der Waals surface area contributed by atoms with Crippen molar-refractivity contribution in [2.75, 3.05) is 24.3 Å². The van der Waals surface area contributed by atoms with Crippen molar-refractivity contribution in [2.45, 2.75) is 6.92 Å². The summed E-state index contributed by atoms with van der Waals surface area (Å²) in [6.45, 7) is 1.96. The molecule has 0 unspecified atom stereocenters. The number of amides is 1. The average molecular weight is 314 g/mol. The van der Waals surface area contributed by atoms with Gasteiger partial charge in [-0.1, -0.05) is 12.1 Å². The van der Waals surface area contributed by atoms with Gasteiger partial charge in [0.25, 0.3) is 5.91 Å². The Labute approximate surface area is 133 Å². The maximum absolute atomic E-state index is 12.5. The number of anilines is 2. The summed E-state index contributed by atoms with van der Waals surface area (Å²) in [5.41, 5.74) is 2.74. The Kier molecular flexibility index (Phi) is 3.62. The molecule has 0 atom stereocenters. The van der Waals surface area contributed by atoms with Gasteiger partial charge in [-0.05, 0) is 25.1 Å². The van der Waals surface area contributed by atoms with Gasteiger partial charge >= 0.3 is 0 Å². The van der Waals surface area contributed by atoms with Gasteiger partial charge in [-0.3, -0.25) is 9.48 Å². The minimum atomic E-state index is -0.0881. The molecule has 2 aromatic heterocycles. The van der Waals surface area contributed by atoms with Gasteiger partial charge < -0.3 is 10.2 Å². The molecule has 3 rings (SSSR count). The minimum Gasteiger partial charge on any atom is -0.376 e. The van der Waals surface area contributed by atoms with Gasteiger partial charge in [-0.25, -0.2) is 0 Å². The van der Waals surface area contributed by atoms with E-state index in [1.165, 1.54) is 11.3 Å². The van der Waals surface area contributed by atoms with E-state index in [2.05, 4.69) is 10.4 Å².